The number of halogens is 3. The Labute approximate surface area is 153 Å². The highest BCUT2D eigenvalue weighted by Crippen LogP contribution is 2.40. The van der Waals surface area contributed by atoms with Crippen LogP contribution in [0.4, 0.5) is 24.8 Å². The van der Waals surface area contributed by atoms with Crippen molar-refractivity contribution in [2.24, 2.45) is 11.8 Å². The third-order valence-corrected chi connectivity index (χ3v) is 5.51. The number of alkyl halides is 3. The number of nitrogens with zero attached hydrogens (tertiary/aromatic N) is 5. The molecule has 2 unspecified atom stereocenters. The summed E-state index contributed by atoms with van der Waals surface area (Å²) in [7, 11) is 0. The summed E-state index contributed by atoms with van der Waals surface area (Å²) in [5, 5.41) is 0.971. The topological polar surface area (TPSA) is 60.9 Å². The molecule has 0 radical (unpaired) electrons. The van der Waals surface area contributed by atoms with E-state index >= 15 is 0 Å². The maximum atomic E-state index is 13.3. The van der Waals surface area contributed by atoms with E-state index in [1.165, 1.54) is 18.6 Å². The fraction of sp³-hybridized carbons (Fsp3) is 0.389. The number of aromatic nitrogens is 4. The molecule has 0 spiro atoms. The highest BCUT2D eigenvalue weighted by molar-refractivity contribution is 5.87. The van der Waals surface area contributed by atoms with E-state index in [2.05, 4.69) is 24.8 Å². The van der Waals surface area contributed by atoms with Gasteiger partial charge in [0.2, 0.25) is 0 Å². The van der Waals surface area contributed by atoms with E-state index in [9.17, 15) is 13.2 Å². The van der Waals surface area contributed by atoms with Crippen LogP contribution < -0.4 is 9.80 Å². The summed E-state index contributed by atoms with van der Waals surface area (Å²) in [5.41, 5.74) is 0.133. The first kappa shape index (κ1) is 16.3. The van der Waals surface area contributed by atoms with Gasteiger partial charge in [-0.25, -0.2) is 15.0 Å². The van der Waals surface area contributed by atoms with Crippen molar-refractivity contribution in [3.8, 4) is 0 Å². The first-order valence-electron chi connectivity index (χ1n) is 8.81. The van der Waals surface area contributed by atoms with Crippen molar-refractivity contribution in [1.82, 2.24) is 19.9 Å². The van der Waals surface area contributed by atoms with Gasteiger partial charge in [0, 0.05) is 50.4 Å². The Morgan fingerprint density at radius 3 is 2.33 bits per heavy atom. The third-order valence-electron chi connectivity index (χ3n) is 5.51. The van der Waals surface area contributed by atoms with E-state index in [-0.39, 0.29) is 17.7 Å². The van der Waals surface area contributed by atoms with Gasteiger partial charge >= 0.3 is 6.18 Å². The molecule has 6 nitrogen and oxygen atoms in total. The largest absolute Gasteiger partial charge is 0.419 e. The molecule has 3 aromatic rings. The summed E-state index contributed by atoms with van der Waals surface area (Å²) in [6, 6.07) is 4.39. The highest BCUT2D eigenvalue weighted by atomic mass is 19.4. The van der Waals surface area contributed by atoms with E-state index < -0.39 is 11.7 Å². The minimum absolute atomic E-state index is 0.0426. The molecule has 9 heteroatoms. The Morgan fingerprint density at radius 2 is 1.63 bits per heavy atom. The second kappa shape index (κ2) is 5.83. The van der Waals surface area contributed by atoms with Crippen LogP contribution in [0.3, 0.4) is 0 Å². The van der Waals surface area contributed by atoms with Gasteiger partial charge < -0.3 is 14.8 Å². The van der Waals surface area contributed by atoms with Crippen LogP contribution in [0.15, 0.2) is 36.9 Å². The van der Waals surface area contributed by atoms with Gasteiger partial charge in [-0.05, 0) is 18.2 Å². The van der Waals surface area contributed by atoms with Crippen molar-refractivity contribution in [1.29, 1.82) is 0 Å². The predicted octanol–water partition coefficient (Wildman–Crippen LogP) is 2.94. The van der Waals surface area contributed by atoms with Gasteiger partial charge in [0.15, 0.2) is 0 Å². The summed E-state index contributed by atoms with van der Waals surface area (Å²) in [4.78, 5) is 19.8. The Bertz CT molecular complexity index is 970. The molecule has 0 aromatic carbocycles. The number of hydrogen-bond donors (Lipinski definition) is 1. The lowest BCUT2D eigenvalue weighted by atomic mass is 10.0. The van der Waals surface area contributed by atoms with Crippen molar-refractivity contribution in [2.75, 3.05) is 36.0 Å². The third kappa shape index (κ3) is 2.68. The Balaban J connectivity index is 1.37. The van der Waals surface area contributed by atoms with Gasteiger partial charge in [-0.3, -0.25) is 0 Å². The number of anilines is 2. The molecule has 1 N–H and O–H groups in total. The Morgan fingerprint density at radius 1 is 0.926 bits per heavy atom. The normalized spacial score (nSPS) is 22.6. The van der Waals surface area contributed by atoms with E-state index in [0.29, 0.717) is 13.1 Å². The fourth-order valence-corrected chi connectivity index (χ4v) is 4.32. The van der Waals surface area contributed by atoms with Crippen LogP contribution in [0.2, 0.25) is 0 Å². The van der Waals surface area contributed by atoms with Crippen LogP contribution in [0.5, 0.6) is 0 Å². The molecule has 140 valence electrons. The maximum absolute atomic E-state index is 13.3. The molecule has 0 bridgehead atoms. The van der Waals surface area contributed by atoms with Crippen LogP contribution in [-0.2, 0) is 6.18 Å². The van der Waals surface area contributed by atoms with Gasteiger partial charge in [-0.15, -0.1) is 0 Å². The van der Waals surface area contributed by atoms with Crippen molar-refractivity contribution in [3.05, 3.63) is 42.5 Å². The first-order valence-corrected chi connectivity index (χ1v) is 8.81. The SMILES string of the molecule is FC(F)(F)c1cccnc1N1CC2CN(c3ncnc4[nH]ccc34)CC2C1. The Hall–Kier alpha value is -2.84. The molecule has 2 saturated heterocycles. The minimum atomic E-state index is -4.39. The van der Waals surface area contributed by atoms with Crippen molar-refractivity contribution in [2.45, 2.75) is 6.18 Å². The molecular weight excluding hydrogens is 357 g/mol. The quantitative estimate of drug-likeness (QED) is 0.747. The number of rotatable bonds is 2. The summed E-state index contributed by atoms with van der Waals surface area (Å²) < 4.78 is 39.9. The predicted molar refractivity (Wildman–Crippen MR) is 94.5 cm³/mol. The molecule has 0 amide bonds. The summed E-state index contributed by atoms with van der Waals surface area (Å²) in [5.74, 6) is 1.51. The van der Waals surface area contributed by atoms with E-state index in [1.54, 1.807) is 4.90 Å². The van der Waals surface area contributed by atoms with Crippen molar-refractivity contribution >= 4 is 22.7 Å². The van der Waals surface area contributed by atoms with Crippen LogP contribution >= 0.6 is 0 Å². The lowest BCUT2D eigenvalue weighted by molar-refractivity contribution is -0.137. The zero-order chi connectivity index (χ0) is 18.6. The average molecular weight is 374 g/mol. The lowest BCUT2D eigenvalue weighted by Crippen LogP contribution is -2.31. The number of H-pyrrole nitrogens is 1. The van der Waals surface area contributed by atoms with Crippen LogP contribution in [0.25, 0.3) is 11.0 Å². The average Bonchev–Trinajstić information content (AvgIpc) is 3.34. The molecular formula is C18H17F3N6. The second-order valence-electron chi connectivity index (χ2n) is 7.14. The number of pyridine rings is 1. The number of hydrogen-bond acceptors (Lipinski definition) is 5. The zero-order valence-electron chi connectivity index (χ0n) is 14.3. The van der Waals surface area contributed by atoms with E-state index in [0.717, 1.165) is 36.0 Å². The van der Waals surface area contributed by atoms with E-state index in [1.807, 2.05) is 12.3 Å². The Kier molecular flexibility index (Phi) is 3.53. The van der Waals surface area contributed by atoms with Crippen molar-refractivity contribution in [3.63, 3.8) is 0 Å². The summed E-state index contributed by atoms with van der Waals surface area (Å²) in [6.07, 6.45) is 0.405. The molecule has 3 aromatic heterocycles. The molecule has 2 fully saturated rings. The fourth-order valence-electron chi connectivity index (χ4n) is 4.32. The van der Waals surface area contributed by atoms with E-state index in [4.69, 9.17) is 0 Å². The van der Waals surface area contributed by atoms with Gasteiger partial charge in [-0.1, -0.05) is 0 Å². The smallest absolute Gasteiger partial charge is 0.355 e. The van der Waals surface area contributed by atoms with Crippen LogP contribution in [0.1, 0.15) is 5.56 Å². The zero-order valence-corrected chi connectivity index (χ0v) is 14.3. The maximum Gasteiger partial charge on any atom is 0.419 e. The molecule has 27 heavy (non-hydrogen) atoms. The number of fused-ring (bicyclic) bond motifs is 2. The number of aromatic amines is 1. The highest BCUT2D eigenvalue weighted by Gasteiger charge is 2.44. The van der Waals surface area contributed by atoms with Crippen LogP contribution in [-0.4, -0.2) is 46.1 Å². The van der Waals surface area contributed by atoms with Crippen LogP contribution in [0, 0.1) is 11.8 Å². The van der Waals surface area contributed by atoms with Gasteiger partial charge in [0.25, 0.3) is 0 Å². The number of nitrogens with one attached hydrogen (secondary N) is 1. The van der Waals surface area contributed by atoms with Gasteiger partial charge in [0.05, 0.1) is 10.9 Å². The summed E-state index contributed by atoms with van der Waals surface area (Å²) in [6.45, 7) is 2.69. The van der Waals surface area contributed by atoms with Crippen molar-refractivity contribution < 1.29 is 13.2 Å². The summed E-state index contributed by atoms with van der Waals surface area (Å²) >= 11 is 0. The monoisotopic (exact) mass is 374 g/mol. The molecule has 5 heterocycles. The van der Waals surface area contributed by atoms with Gasteiger partial charge in [0.1, 0.15) is 23.6 Å². The molecule has 0 saturated carbocycles. The molecule has 5 rings (SSSR count). The second-order valence-corrected chi connectivity index (χ2v) is 7.14. The molecule has 0 aliphatic carbocycles. The molecule has 2 atom stereocenters. The first-order chi connectivity index (χ1) is 13.0. The molecule has 2 aliphatic rings. The molecule has 2 aliphatic heterocycles. The standard InChI is InChI=1S/C18H17F3N6/c19-18(20,21)14-2-1-4-23-17(14)27-8-11-6-26(7-12(11)9-27)16-13-3-5-22-15(13)24-10-25-16/h1-5,10-12H,6-9H2,(H,22,24,25). The van der Waals surface area contributed by atoms with Gasteiger partial charge in [-0.2, -0.15) is 13.2 Å². The lowest BCUT2D eigenvalue weighted by Gasteiger charge is -2.25. The minimum Gasteiger partial charge on any atom is -0.355 e.